The van der Waals surface area contributed by atoms with Crippen molar-refractivity contribution < 1.29 is 9.47 Å². The van der Waals surface area contributed by atoms with Crippen LogP contribution >= 0.6 is 35.3 Å². The Balaban J connectivity index is 0.00000392. The second-order valence-corrected chi connectivity index (χ2v) is 7.16. The summed E-state index contributed by atoms with van der Waals surface area (Å²) in [7, 11) is 1.70. The first-order chi connectivity index (χ1) is 13.2. The van der Waals surface area contributed by atoms with E-state index in [0.29, 0.717) is 26.3 Å². The average Bonchev–Trinajstić information content (AvgIpc) is 3.16. The van der Waals surface area contributed by atoms with Gasteiger partial charge in [0, 0.05) is 37.8 Å². The lowest BCUT2D eigenvalue weighted by atomic mass is 10.2. The van der Waals surface area contributed by atoms with E-state index in [1.165, 1.54) is 4.88 Å². The zero-order valence-corrected chi connectivity index (χ0v) is 20.0. The number of nitrogens with one attached hydrogen (secondary N) is 2. The van der Waals surface area contributed by atoms with Gasteiger partial charge in [-0.15, -0.1) is 35.3 Å². The van der Waals surface area contributed by atoms with Crippen LogP contribution in [0.1, 0.15) is 35.7 Å². The van der Waals surface area contributed by atoms with E-state index >= 15 is 0 Å². The minimum Gasteiger partial charge on any atom is -0.493 e. The van der Waals surface area contributed by atoms with Crippen LogP contribution in [-0.4, -0.2) is 37.8 Å². The maximum Gasteiger partial charge on any atom is 0.191 e. The van der Waals surface area contributed by atoms with Gasteiger partial charge in [-0.2, -0.15) is 0 Å². The summed E-state index contributed by atoms with van der Waals surface area (Å²) in [5.41, 5.74) is 1.11. The van der Waals surface area contributed by atoms with Crippen molar-refractivity contribution in [1.29, 1.82) is 0 Å². The third kappa shape index (κ3) is 9.20. The molecule has 0 spiro atoms. The number of hydrogen-bond acceptors (Lipinski definition) is 5. The molecule has 0 aliphatic carbocycles. The highest BCUT2D eigenvalue weighted by Gasteiger charge is 2.03. The summed E-state index contributed by atoms with van der Waals surface area (Å²) in [5.74, 6) is 1.66. The number of ether oxygens (including phenoxy) is 2. The molecule has 0 atom stereocenters. The molecule has 2 rings (SSSR count). The first-order valence-corrected chi connectivity index (χ1v) is 10.2. The number of benzene rings is 1. The maximum absolute atomic E-state index is 5.75. The van der Waals surface area contributed by atoms with E-state index in [-0.39, 0.29) is 24.0 Å². The molecule has 0 fully saturated rings. The quantitative estimate of drug-likeness (QED) is 0.204. The minimum atomic E-state index is 0. The van der Waals surface area contributed by atoms with Gasteiger partial charge >= 0.3 is 0 Å². The summed E-state index contributed by atoms with van der Waals surface area (Å²) >= 11 is 1.74. The predicted molar refractivity (Wildman–Crippen MR) is 127 cm³/mol. The molecule has 0 aliphatic rings. The number of thiazole rings is 1. The molecule has 8 heteroatoms. The van der Waals surface area contributed by atoms with Crippen molar-refractivity contribution in [3.05, 3.63) is 45.9 Å². The molecule has 1 aromatic carbocycles. The second kappa shape index (κ2) is 14.6. The number of aliphatic imine (C=N–C) groups is 1. The van der Waals surface area contributed by atoms with Crippen LogP contribution in [0.25, 0.3) is 0 Å². The summed E-state index contributed by atoms with van der Waals surface area (Å²) in [6.07, 6.45) is 3.85. The van der Waals surface area contributed by atoms with Crippen LogP contribution < -0.4 is 15.4 Å². The number of methoxy groups -OCH3 is 1. The first kappa shape index (κ1) is 24.6. The Morgan fingerprint density at radius 2 is 2.07 bits per heavy atom. The number of hydrogen-bond donors (Lipinski definition) is 2. The highest BCUT2D eigenvalue weighted by Crippen LogP contribution is 2.15. The number of aromatic nitrogens is 1. The molecule has 1 aromatic heterocycles. The van der Waals surface area contributed by atoms with Crippen LogP contribution in [0.2, 0.25) is 0 Å². The van der Waals surface area contributed by atoms with Crippen LogP contribution in [0, 0.1) is 0 Å². The highest BCUT2D eigenvalue weighted by atomic mass is 127. The molecule has 0 aliphatic heterocycles. The molecular formula is C20H31IN4O2S. The lowest BCUT2D eigenvalue weighted by molar-refractivity contribution is 0.172. The molecule has 0 unspecified atom stereocenters. The van der Waals surface area contributed by atoms with E-state index in [9.17, 15) is 0 Å². The van der Waals surface area contributed by atoms with Gasteiger partial charge in [0.05, 0.1) is 19.7 Å². The summed E-state index contributed by atoms with van der Waals surface area (Å²) in [6, 6.07) is 8.06. The standard InChI is InChI=1S/C20H30N4O2S.HI/c1-4-18-14-22-19(27-18)15-24-20(21-5-2)23-13-16-8-6-9-17(12-16)26-11-7-10-25-3;/h6,8-9,12,14H,4-5,7,10-11,13,15H2,1-3H3,(H2,21,23,24);1H. The Labute approximate surface area is 189 Å². The van der Waals surface area contributed by atoms with Gasteiger partial charge < -0.3 is 20.1 Å². The van der Waals surface area contributed by atoms with E-state index in [4.69, 9.17) is 9.47 Å². The average molecular weight is 518 g/mol. The van der Waals surface area contributed by atoms with Crippen molar-refractivity contribution in [2.75, 3.05) is 26.9 Å². The molecule has 0 amide bonds. The fourth-order valence-corrected chi connectivity index (χ4v) is 3.19. The van der Waals surface area contributed by atoms with E-state index in [1.54, 1.807) is 18.4 Å². The molecule has 0 bridgehead atoms. The number of halogens is 1. The first-order valence-electron chi connectivity index (χ1n) is 9.41. The topological polar surface area (TPSA) is 67.8 Å². The van der Waals surface area contributed by atoms with Crippen molar-refractivity contribution in [2.45, 2.75) is 39.8 Å². The number of guanidine groups is 1. The van der Waals surface area contributed by atoms with Crippen molar-refractivity contribution in [3.63, 3.8) is 0 Å². The van der Waals surface area contributed by atoms with Crippen molar-refractivity contribution in [1.82, 2.24) is 15.6 Å². The van der Waals surface area contributed by atoms with Gasteiger partial charge in [0.25, 0.3) is 0 Å². The third-order valence-corrected chi connectivity index (χ3v) is 4.92. The normalized spacial score (nSPS) is 11.0. The second-order valence-electron chi connectivity index (χ2n) is 5.96. The van der Waals surface area contributed by atoms with Crippen LogP contribution in [0.3, 0.4) is 0 Å². The summed E-state index contributed by atoms with van der Waals surface area (Å²) in [4.78, 5) is 10.4. The van der Waals surface area contributed by atoms with E-state index in [0.717, 1.165) is 41.7 Å². The van der Waals surface area contributed by atoms with Gasteiger partial charge in [-0.25, -0.2) is 9.98 Å². The number of rotatable bonds is 11. The van der Waals surface area contributed by atoms with Crippen molar-refractivity contribution >= 4 is 41.3 Å². The molecule has 0 radical (unpaired) electrons. The fourth-order valence-electron chi connectivity index (χ4n) is 2.39. The molecule has 6 nitrogen and oxygen atoms in total. The monoisotopic (exact) mass is 518 g/mol. The van der Waals surface area contributed by atoms with Crippen LogP contribution in [0.15, 0.2) is 35.5 Å². The Kier molecular flexibility index (Phi) is 12.8. The van der Waals surface area contributed by atoms with Crippen molar-refractivity contribution in [3.8, 4) is 5.75 Å². The van der Waals surface area contributed by atoms with E-state index in [2.05, 4.69) is 40.5 Å². The van der Waals surface area contributed by atoms with Crippen LogP contribution in [-0.2, 0) is 24.2 Å². The van der Waals surface area contributed by atoms with Gasteiger partial charge in [0.1, 0.15) is 10.8 Å². The molecule has 0 saturated carbocycles. The van der Waals surface area contributed by atoms with Gasteiger partial charge in [-0.1, -0.05) is 19.1 Å². The Bertz CT molecular complexity index is 709. The molecular weight excluding hydrogens is 487 g/mol. The maximum atomic E-state index is 5.75. The van der Waals surface area contributed by atoms with E-state index in [1.807, 2.05) is 24.4 Å². The van der Waals surface area contributed by atoms with Crippen LogP contribution in [0.4, 0.5) is 0 Å². The Hall–Kier alpha value is -1.39. The zero-order valence-electron chi connectivity index (χ0n) is 16.9. The van der Waals surface area contributed by atoms with E-state index < -0.39 is 0 Å². The van der Waals surface area contributed by atoms with Crippen molar-refractivity contribution in [2.24, 2.45) is 4.99 Å². The predicted octanol–water partition coefficient (Wildman–Crippen LogP) is 3.99. The fraction of sp³-hybridized carbons (Fsp3) is 0.500. The number of nitrogens with zero attached hydrogens (tertiary/aromatic N) is 2. The Morgan fingerprint density at radius 3 is 2.79 bits per heavy atom. The summed E-state index contributed by atoms with van der Waals surface area (Å²) < 4.78 is 10.8. The lowest BCUT2D eigenvalue weighted by Crippen LogP contribution is -2.36. The summed E-state index contributed by atoms with van der Waals surface area (Å²) in [5, 5.41) is 7.70. The molecule has 2 N–H and O–H groups in total. The van der Waals surface area contributed by atoms with Crippen LogP contribution in [0.5, 0.6) is 5.75 Å². The SMILES string of the molecule is CCNC(=NCc1cccc(OCCCOC)c1)NCc1ncc(CC)s1.I. The smallest absolute Gasteiger partial charge is 0.191 e. The minimum absolute atomic E-state index is 0. The Morgan fingerprint density at radius 1 is 1.21 bits per heavy atom. The zero-order chi connectivity index (χ0) is 19.3. The van der Waals surface area contributed by atoms with Gasteiger partial charge in [-0.3, -0.25) is 0 Å². The summed E-state index contributed by atoms with van der Waals surface area (Å²) in [6.45, 7) is 7.64. The molecule has 2 aromatic rings. The number of aryl methyl sites for hydroxylation is 1. The third-order valence-electron chi connectivity index (χ3n) is 3.78. The van der Waals surface area contributed by atoms with Gasteiger partial charge in [0.15, 0.2) is 5.96 Å². The molecule has 0 saturated heterocycles. The molecule has 28 heavy (non-hydrogen) atoms. The highest BCUT2D eigenvalue weighted by molar-refractivity contribution is 14.0. The largest absolute Gasteiger partial charge is 0.493 e. The lowest BCUT2D eigenvalue weighted by Gasteiger charge is -2.11. The molecule has 1 heterocycles. The molecule has 156 valence electrons. The van der Waals surface area contributed by atoms with Gasteiger partial charge in [-0.05, 0) is 31.0 Å². The van der Waals surface area contributed by atoms with Gasteiger partial charge in [0.2, 0.25) is 0 Å².